The van der Waals surface area contributed by atoms with Crippen LogP contribution in [0.25, 0.3) is 0 Å². The second kappa shape index (κ2) is 3.67. The van der Waals surface area contributed by atoms with Crippen molar-refractivity contribution in [2.75, 3.05) is 13.2 Å². The van der Waals surface area contributed by atoms with Crippen LogP contribution >= 0.6 is 20.3 Å². The fraction of sp³-hybridized carbons (Fsp3) is 1.00. The van der Waals surface area contributed by atoms with Gasteiger partial charge in [-0.05, 0) is 6.42 Å². The van der Waals surface area contributed by atoms with Gasteiger partial charge in [-0.25, -0.2) is 0 Å². The molecule has 0 aliphatic carbocycles. The fourth-order valence-corrected chi connectivity index (χ4v) is 1.46. The molecule has 1 saturated heterocycles. The van der Waals surface area contributed by atoms with Crippen LogP contribution in [-0.4, -0.2) is 19.3 Å². The molecule has 0 bridgehead atoms. The summed E-state index contributed by atoms with van der Waals surface area (Å²) < 4.78 is 10.2. The molecule has 2 atom stereocenters. The lowest BCUT2D eigenvalue weighted by atomic mass is 10.3. The molecule has 1 aliphatic rings. The Bertz CT molecular complexity index is 65.1. The summed E-state index contributed by atoms with van der Waals surface area (Å²) in [7, 11) is 0.306. The minimum atomic E-state index is 0.306. The molecule has 1 rings (SSSR count). The summed E-state index contributed by atoms with van der Waals surface area (Å²) in [6, 6.07) is 0. The van der Waals surface area contributed by atoms with Crippen molar-refractivity contribution in [1.29, 1.82) is 0 Å². The normalized spacial score (nSPS) is 30.4. The van der Waals surface area contributed by atoms with Crippen molar-refractivity contribution in [2.45, 2.75) is 12.5 Å². The zero-order valence-corrected chi connectivity index (χ0v) is 6.36. The van der Waals surface area contributed by atoms with Gasteiger partial charge in [0.25, 0.3) is 0 Å². The fourth-order valence-electron chi connectivity index (χ4n) is 0.680. The average molecular weight is 152 g/mol. The molecule has 1 aliphatic heterocycles. The lowest BCUT2D eigenvalue weighted by Gasteiger charge is -2.03. The third-order valence-electron chi connectivity index (χ3n) is 1.11. The Morgan fingerprint density at radius 2 is 2.62 bits per heavy atom. The monoisotopic (exact) mass is 152 g/mol. The van der Waals surface area contributed by atoms with E-state index in [4.69, 9.17) is 9.26 Å². The van der Waals surface area contributed by atoms with Gasteiger partial charge in [0.05, 0.1) is 20.7 Å². The molecule has 8 heavy (non-hydrogen) atoms. The van der Waals surface area contributed by atoms with E-state index in [0.717, 1.165) is 19.6 Å². The van der Waals surface area contributed by atoms with Crippen LogP contribution < -0.4 is 0 Å². The van der Waals surface area contributed by atoms with Gasteiger partial charge >= 0.3 is 0 Å². The molecule has 1 heterocycles. The van der Waals surface area contributed by atoms with Crippen LogP contribution in [-0.2, 0) is 9.26 Å². The van der Waals surface area contributed by atoms with Crippen molar-refractivity contribution in [2.24, 2.45) is 0 Å². The standard InChI is InChI=1S/C4H9O2PS/c8-7-6-4-1-2-5-3-4/h4,7-8H,1-3H2. The van der Waals surface area contributed by atoms with Gasteiger partial charge in [-0.1, -0.05) is 0 Å². The molecule has 0 spiro atoms. The van der Waals surface area contributed by atoms with Crippen molar-refractivity contribution in [3.63, 3.8) is 0 Å². The molecular weight excluding hydrogens is 143 g/mol. The summed E-state index contributed by atoms with van der Waals surface area (Å²) in [5.74, 6) is 0. The van der Waals surface area contributed by atoms with Gasteiger partial charge in [0.2, 0.25) is 0 Å². The highest BCUT2D eigenvalue weighted by Crippen LogP contribution is 2.23. The second-order valence-corrected chi connectivity index (χ2v) is 2.66. The largest absolute Gasteiger partial charge is 0.379 e. The van der Waals surface area contributed by atoms with Gasteiger partial charge in [-0.2, -0.15) is 0 Å². The SMILES string of the molecule is SPOC1CCOC1. The Morgan fingerprint density at radius 3 is 3.12 bits per heavy atom. The first-order chi connectivity index (χ1) is 3.93. The van der Waals surface area contributed by atoms with Crippen molar-refractivity contribution in [3.05, 3.63) is 0 Å². The van der Waals surface area contributed by atoms with Crippen LogP contribution in [0.2, 0.25) is 0 Å². The van der Waals surface area contributed by atoms with Crippen molar-refractivity contribution < 1.29 is 9.26 Å². The highest BCUT2D eigenvalue weighted by atomic mass is 32.7. The smallest absolute Gasteiger partial charge is 0.0880 e. The molecule has 4 heteroatoms. The minimum absolute atomic E-state index is 0.306. The number of hydrogen-bond donors (Lipinski definition) is 1. The van der Waals surface area contributed by atoms with Gasteiger partial charge in [-0.3, -0.25) is 0 Å². The summed E-state index contributed by atoms with van der Waals surface area (Å²) in [6.07, 6.45) is 1.36. The van der Waals surface area contributed by atoms with Gasteiger partial charge in [-0.15, -0.1) is 12.2 Å². The molecule has 0 aromatic rings. The van der Waals surface area contributed by atoms with E-state index in [2.05, 4.69) is 12.2 Å². The Morgan fingerprint density at radius 1 is 1.75 bits per heavy atom. The van der Waals surface area contributed by atoms with Crippen LogP contribution in [0.1, 0.15) is 6.42 Å². The predicted octanol–water partition coefficient (Wildman–Crippen LogP) is 1.23. The average Bonchev–Trinajstić information content (AvgIpc) is 2.19. The molecule has 0 N–H and O–H groups in total. The van der Waals surface area contributed by atoms with E-state index in [1.54, 1.807) is 0 Å². The summed E-state index contributed by atoms with van der Waals surface area (Å²) in [5.41, 5.74) is 0. The molecule has 0 aromatic carbocycles. The Labute approximate surface area is 56.0 Å². The molecule has 0 aromatic heterocycles. The maximum Gasteiger partial charge on any atom is 0.0880 e. The predicted molar refractivity (Wildman–Crippen MR) is 37.6 cm³/mol. The van der Waals surface area contributed by atoms with E-state index >= 15 is 0 Å². The zero-order valence-electron chi connectivity index (χ0n) is 4.46. The minimum Gasteiger partial charge on any atom is -0.379 e. The quantitative estimate of drug-likeness (QED) is 0.474. The van der Waals surface area contributed by atoms with E-state index in [9.17, 15) is 0 Å². The lowest BCUT2D eigenvalue weighted by Crippen LogP contribution is -2.05. The van der Waals surface area contributed by atoms with Crippen molar-refractivity contribution in [3.8, 4) is 0 Å². The molecule has 0 radical (unpaired) electrons. The Balaban J connectivity index is 2.06. The van der Waals surface area contributed by atoms with Crippen LogP contribution in [0.5, 0.6) is 0 Å². The molecule has 0 saturated carbocycles. The van der Waals surface area contributed by atoms with Crippen molar-refractivity contribution >= 4 is 20.3 Å². The first-order valence-electron chi connectivity index (χ1n) is 2.56. The number of thiol groups is 1. The molecular formula is C4H9O2PS. The van der Waals surface area contributed by atoms with E-state index < -0.39 is 0 Å². The first-order valence-corrected chi connectivity index (χ1v) is 4.75. The van der Waals surface area contributed by atoms with E-state index in [1.807, 2.05) is 0 Å². The molecule has 0 amide bonds. The van der Waals surface area contributed by atoms with Gasteiger partial charge < -0.3 is 9.26 Å². The van der Waals surface area contributed by atoms with Crippen LogP contribution in [0.4, 0.5) is 0 Å². The second-order valence-electron chi connectivity index (χ2n) is 1.69. The van der Waals surface area contributed by atoms with E-state index in [-0.39, 0.29) is 0 Å². The highest BCUT2D eigenvalue weighted by molar-refractivity contribution is 8.36. The third-order valence-corrected chi connectivity index (χ3v) is 1.86. The maximum absolute atomic E-state index is 5.17. The summed E-state index contributed by atoms with van der Waals surface area (Å²) in [5, 5.41) is 0. The molecule has 2 nitrogen and oxygen atoms in total. The van der Waals surface area contributed by atoms with E-state index in [1.165, 1.54) is 0 Å². The van der Waals surface area contributed by atoms with Crippen LogP contribution in [0, 0.1) is 0 Å². The van der Waals surface area contributed by atoms with Gasteiger partial charge in [0.1, 0.15) is 0 Å². The third kappa shape index (κ3) is 1.90. The number of ether oxygens (including phenoxy) is 1. The zero-order chi connectivity index (χ0) is 5.82. The number of hydrogen-bond acceptors (Lipinski definition) is 3. The number of rotatable bonds is 2. The van der Waals surface area contributed by atoms with Gasteiger partial charge in [0.15, 0.2) is 0 Å². The van der Waals surface area contributed by atoms with Crippen LogP contribution in [0.3, 0.4) is 0 Å². The highest BCUT2D eigenvalue weighted by Gasteiger charge is 2.14. The Hall–Kier alpha value is 0.700. The first kappa shape index (κ1) is 6.81. The Kier molecular flexibility index (Phi) is 3.13. The molecule has 48 valence electrons. The summed E-state index contributed by atoms with van der Waals surface area (Å²) in [4.78, 5) is 0. The molecule has 1 fully saturated rings. The maximum atomic E-state index is 5.17. The molecule has 2 unspecified atom stereocenters. The lowest BCUT2D eigenvalue weighted by molar-refractivity contribution is 0.153. The summed E-state index contributed by atoms with van der Waals surface area (Å²) >= 11 is 3.95. The van der Waals surface area contributed by atoms with Gasteiger partial charge in [0, 0.05) is 6.61 Å². The topological polar surface area (TPSA) is 18.5 Å². The van der Waals surface area contributed by atoms with E-state index in [0.29, 0.717) is 14.1 Å². The summed E-state index contributed by atoms with van der Waals surface area (Å²) in [6.45, 7) is 1.61. The van der Waals surface area contributed by atoms with Crippen LogP contribution in [0.15, 0.2) is 0 Å². The van der Waals surface area contributed by atoms with Crippen molar-refractivity contribution in [1.82, 2.24) is 0 Å².